The van der Waals surface area contributed by atoms with Gasteiger partial charge in [-0.15, -0.1) is 0 Å². The first-order chi connectivity index (χ1) is 11.2. The number of halogens is 2. The minimum absolute atomic E-state index is 0.0202. The molecule has 5 nitrogen and oxygen atoms in total. The highest BCUT2D eigenvalue weighted by atomic mass is 79.9. The molecule has 0 atom stereocenters. The van der Waals surface area contributed by atoms with E-state index in [-0.39, 0.29) is 18.0 Å². The number of piperidine rings is 1. The van der Waals surface area contributed by atoms with Gasteiger partial charge in [0.15, 0.2) is 0 Å². The van der Waals surface area contributed by atoms with Gasteiger partial charge in [0, 0.05) is 23.6 Å². The van der Waals surface area contributed by atoms with E-state index in [9.17, 15) is 14.0 Å². The molecule has 0 radical (unpaired) electrons. The van der Waals surface area contributed by atoms with Crippen molar-refractivity contribution in [3.8, 4) is 0 Å². The summed E-state index contributed by atoms with van der Waals surface area (Å²) in [6, 6.07) is 3.95. The van der Waals surface area contributed by atoms with E-state index in [0.717, 1.165) is 0 Å². The Morgan fingerprint density at radius 2 is 1.92 bits per heavy atom. The predicted molar refractivity (Wildman–Crippen MR) is 92.4 cm³/mol. The Kier molecular flexibility index (Phi) is 5.85. The van der Waals surface area contributed by atoms with Gasteiger partial charge < -0.3 is 15.0 Å². The Morgan fingerprint density at radius 1 is 1.29 bits per heavy atom. The van der Waals surface area contributed by atoms with Gasteiger partial charge in [-0.1, -0.05) is 0 Å². The number of benzene rings is 1. The van der Waals surface area contributed by atoms with Crippen LogP contribution >= 0.6 is 15.9 Å². The van der Waals surface area contributed by atoms with E-state index in [1.165, 1.54) is 18.2 Å². The molecule has 0 bridgehead atoms. The molecule has 1 heterocycles. The number of carbonyl (C=O) groups excluding carboxylic acids is 2. The molecule has 132 valence electrons. The molecule has 0 aromatic heterocycles. The van der Waals surface area contributed by atoms with Crippen LogP contribution in [0.4, 0.5) is 9.18 Å². The van der Waals surface area contributed by atoms with Crippen LogP contribution in [0.3, 0.4) is 0 Å². The lowest BCUT2D eigenvalue weighted by atomic mass is 10.0. The highest BCUT2D eigenvalue weighted by Gasteiger charge is 2.27. The Morgan fingerprint density at radius 3 is 2.46 bits per heavy atom. The third-order valence-electron chi connectivity index (χ3n) is 3.66. The number of nitrogens with zero attached hydrogens (tertiary/aromatic N) is 1. The maximum Gasteiger partial charge on any atom is 0.410 e. The number of nitrogens with one attached hydrogen (secondary N) is 1. The fourth-order valence-corrected chi connectivity index (χ4v) is 3.00. The molecule has 24 heavy (non-hydrogen) atoms. The van der Waals surface area contributed by atoms with Gasteiger partial charge in [-0.05, 0) is 67.7 Å². The van der Waals surface area contributed by atoms with Crippen molar-refractivity contribution in [2.45, 2.75) is 45.3 Å². The zero-order valence-corrected chi connectivity index (χ0v) is 15.7. The summed E-state index contributed by atoms with van der Waals surface area (Å²) in [5.41, 5.74) is -0.122. The molecule has 0 aliphatic carbocycles. The van der Waals surface area contributed by atoms with Crippen molar-refractivity contribution in [2.24, 2.45) is 0 Å². The van der Waals surface area contributed by atoms with Crippen LogP contribution < -0.4 is 5.32 Å². The van der Waals surface area contributed by atoms with Crippen LogP contribution in [0.2, 0.25) is 0 Å². The van der Waals surface area contributed by atoms with E-state index in [0.29, 0.717) is 36.0 Å². The number of hydrogen-bond donors (Lipinski definition) is 1. The summed E-state index contributed by atoms with van der Waals surface area (Å²) in [4.78, 5) is 25.9. The van der Waals surface area contributed by atoms with E-state index in [2.05, 4.69) is 21.2 Å². The largest absolute Gasteiger partial charge is 0.444 e. The SMILES string of the molecule is CC(C)(C)OC(=O)N1CCC(NC(=O)c2ccc(F)cc2Br)CC1. The first-order valence-electron chi connectivity index (χ1n) is 7.89. The van der Waals surface area contributed by atoms with Crippen molar-refractivity contribution < 1.29 is 18.7 Å². The van der Waals surface area contributed by atoms with E-state index < -0.39 is 11.4 Å². The molecule has 2 amide bonds. The fraction of sp³-hybridized carbons (Fsp3) is 0.529. The summed E-state index contributed by atoms with van der Waals surface area (Å²) >= 11 is 3.20. The number of amides is 2. The normalized spacial score (nSPS) is 16.0. The van der Waals surface area contributed by atoms with Gasteiger partial charge >= 0.3 is 6.09 Å². The molecular weight excluding hydrogens is 379 g/mol. The van der Waals surface area contributed by atoms with Gasteiger partial charge in [-0.2, -0.15) is 0 Å². The topological polar surface area (TPSA) is 58.6 Å². The molecule has 1 aliphatic rings. The van der Waals surface area contributed by atoms with Gasteiger partial charge in [-0.3, -0.25) is 4.79 Å². The van der Waals surface area contributed by atoms with E-state index >= 15 is 0 Å². The zero-order valence-electron chi connectivity index (χ0n) is 14.1. The van der Waals surface area contributed by atoms with Crippen molar-refractivity contribution in [1.29, 1.82) is 0 Å². The fourth-order valence-electron chi connectivity index (χ4n) is 2.47. The van der Waals surface area contributed by atoms with E-state index in [4.69, 9.17) is 4.74 Å². The van der Waals surface area contributed by atoms with Crippen LogP contribution in [-0.2, 0) is 4.74 Å². The second kappa shape index (κ2) is 7.51. The number of hydrogen-bond acceptors (Lipinski definition) is 3. The second-order valence-corrected chi connectivity index (χ2v) is 7.69. The van der Waals surface area contributed by atoms with Crippen molar-refractivity contribution in [1.82, 2.24) is 10.2 Å². The molecule has 1 fully saturated rings. The zero-order chi connectivity index (χ0) is 17.9. The van der Waals surface area contributed by atoms with Crippen LogP contribution in [0.25, 0.3) is 0 Å². The third kappa shape index (κ3) is 5.19. The highest BCUT2D eigenvalue weighted by molar-refractivity contribution is 9.10. The second-order valence-electron chi connectivity index (χ2n) is 6.84. The van der Waals surface area contributed by atoms with Gasteiger partial charge in [0.25, 0.3) is 5.91 Å². The molecule has 1 aromatic rings. The average Bonchev–Trinajstić information content (AvgIpc) is 2.45. The van der Waals surface area contributed by atoms with Crippen molar-refractivity contribution >= 4 is 27.9 Å². The van der Waals surface area contributed by atoms with Gasteiger partial charge in [0.2, 0.25) is 0 Å². The van der Waals surface area contributed by atoms with Crippen LogP contribution in [0, 0.1) is 5.82 Å². The van der Waals surface area contributed by atoms with E-state index in [1.807, 2.05) is 20.8 Å². The molecular formula is C17H22BrFN2O3. The first kappa shape index (κ1) is 18.7. The molecule has 0 spiro atoms. The molecule has 1 aliphatic heterocycles. The first-order valence-corrected chi connectivity index (χ1v) is 8.69. The molecule has 1 aromatic carbocycles. The Bertz CT molecular complexity index is 623. The standard InChI is InChI=1S/C17H22BrFN2O3/c1-17(2,3)24-16(23)21-8-6-12(7-9-21)20-15(22)13-5-4-11(19)10-14(13)18/h4-5,10,12H,6-9H2,1-3H3,(H,20,22). The summed E-state index contributed by atoms with van der Waals surface area (Å²) in [5.74, 6) is -0.651. The van der Waals surface area contributed by atoms with Crippen LogP contribution in [0.5, 0.6) is 0 Å². The van der Waals surface area contributed by atoms with Gasteiger partial charge in [0.1, 0.15) is 11.4 Å². The van der Waals surface area contributed by atoms with Gasteiger partial charge in [-0.25, -0.2) is 9.18 Å². The number of ether oxygens (including phenoxy) is 1. The molecule has 1 saturated heterocycles. The Balaban J connectivity index is 1.86. The molecule has 0 unspecified atom stereocenters. The number of rotatable bonds is 2. The number of likely N-dealkylation sites (tertiary alicyclic amines) is 1. The Labute approximate surface area is 149 Å². The summed E-state index contributed by atoms with van der Waals surface area (Å²) in [7, 11) is 0. The minimum atomic E-state index is -0.517. The highest BCUT2D eigenvalue weighted by Crippen LogP contribution is 2.20. The van der Waals surface area contributed by atoms with Crippen molar-refractivity contribution in [2.75, 3.05) is 13.1 Å². The Hall–Kier alpha value is -1.63. The lowest BCUT2D eigenvalue weighted by Crippen LogP contribution is -2.47. The molecule has 1 N–H and O–H groups in total. The third-order valence-corrected chi connectivity index (χ3v) is 4.31. The van der Waals surface area contributed by atoms with Crippen LogP contribution in [0.1, 0.15) is 44.0 Å². The quantitative estimate of drug-likeness (QED) is 0.822. The monoisotopic (exact) mass is 400 g/mol. The molecule has 2 rings (SSSR count). The molecule has 0 saturated carbocycles. The molecule has 7 heteroatoms. The lowest BCUT2D eigenvalue weighted by molar-refractivity contribution is 0.0199. The minimum Gasteiger partial charge on any atom is -0.444 e. The lowest BCUT2D eigenvalue weighted by Gasteiger charge is -2.33. The average molecular weight is 401 g/mol. The summed E-state index contributed by atoms with van der Waals surface area (Å²) < 4.78 is 18.9. The van der Waals surface area contributed by atoms with Crippen molar-refractivity contribution in [3.63, 3.8) is 0 Å². The summed E-state index contributed by atoms with van der Waals surface area (Å²) in [5, 5.41) is 2.93. The van der Waals surface area contributed by atoms with Crippen LogP contribution in [0.15, 0.2) is 22.7 Å². The predicted octanol–water partition coefficient (Wildman–Crippen LogP) is 3.72. The summed E-state index contributed by atoms with van der Waals surface area (Å²) in [6.45, 7) is 6.56. The summed E-state index contributed by atoms with van der Waals surface area (Å²) in [6.07, 6.45) is 0.988. The van der Waals surface area contributed by atoms with E-state index in [1.54, 1.807) is 4.90 Å². The van der Waals surface area contributed by atoms with Crippen LogP contribution in [-0.4, -0.2) is 41.6 Å². The number of carbonyl (C=O) groups is 2. The maximum atomic E-state index is 13.1. The van der Waals surface area contributed by atoms with Gasteiger partial charge in [0.05, 0.1) is 5.56 Å². The van der Waals surface area contributed by atoms with Crippen molar-refractivity contribution in [3.05, 3.63) is 34.1 Å². The smallest absolute Gasteiger partial charge is 0.410 e. The maximum absolute atomic E-state index is 13.1.